The van der Waals surface area contributed by atoms with E-state index in [9.17, 15) is 5.26 Å². The van der Waals surface area contributed by atoms with Gasteiger partial charge in [-0.05, 0) is 44.0 Å². The molecule has 20 heavy (non-hydrogen) atoms. The first-order valence-corrected chi connectivity index (χ1v) is 6.55. The van der Waals surface area contributed by atoms with Gasteiger partial charge in [0.2, 0.25) is 0 Å². The summed E-state index contributed by atoms with van der Waals surface area (Å²) in [6, 6.07) is 6.17. The molecule has 2 aromatic rings. The van der Waals surface area contributed by atoms with Crippen molar-refractivity contribution in [3.63, 3.8) is 0 Å². The average Bonchev–Trinajstić information content (AvgIpc) is 2.48. The van der Waals surface area contributed by atoms with Crippen molar-refractivity contribution >= 4 is 5.82 Å². The molecule has 2 aromatic heterocycles. The molecule has 2 heterocycles. The van der Waals surface area contributed by atoms with Crippen LogP contribution in [0, 0.1) is 25.2 Å². The molecule has 5 heteroatoms. The van der Waals surface area contributed by atoms with Crippen LogP contribution in [0.3, 0.4) is 0 Å². The van der Waals surface area contributed by atoms with Gasteiger partial charge in [-0.15, -0.1) is 5.10 Å². The topological polar surface area (TPSA) is 65.7 Å². The van der Waals surface area contributed by atoms with Gasteiger partial charge >= 0.3 is 0 Å². The molecule has 0 aliphatic carbocycles. The predicted octanol–water partition coefficient (Wildman–Crippen LogP) is 2.39. The maximum Gasteiger partial charge on any atom is 0.169 e. The minimum absolute atomic E-state index is 0.605. The third-order valence-electron chi connectivity index (χ3n) is 3.35. The monoisotopic (exact) mass is 267 g/mol. The van der Waals surface area contributed by atoms with Gasteiger partial charge in [0.05, 0.1) is 5.69 Å². The average molecular weight is 267 g/mol. The van der Waals surface area contributed by atoms with E-state index in [-0.39, 0.29) is 0 Å². The standard InChI is InChI=1S/C15H17N5/c1-4-20(10-13-5-7-17-8-6-13)15-14(9-16)11(2)12(3)18-19-15/h5-8H,4,10H2,1-3H3. The van der Waals surface area contributed by atoms with E-state index >= 15 is 0 Å². The molecule has 0 aromatic carbocycles. The fraction of sp³-hybridized carbons (Fsp3) is 0.333. The van der Waals surface area contributed by atoms with E-state index in [2.05, 4.69) is 21.3 Å². The van der Waals surface area contributed by atoms with Gasteiger partial charge in [-0.25, -0.2) is 0 Å². The SMILES string of the molecule is CCN(Cc1ccncc1)c1nnc(C)c(C)c1C#N. The Kier molecular flexibility index (Phi) is 4.26. The highest BCUT2D eigenvalue weighted by Gasteiger charge is 2.16. The zero-order valence-corrected chi connectivity index (χ0v) is 12.0. The number of rotatable bonds is 4. The van der Waals surface area contributed by atoms with Gasteiger partial charge in [0.15, 0.2) is 5.82 Å². The Morgan fingerprint density at radius 2 is 1.90 bits per heavy atom. The number of pyridine rings is 1. The number of hydrogen-bond acceptors (Lipinski definition) is 5. The Morgan fingerprint density at radius 1 is 1.20 bits per heavy atom. The Morgan fingerprint density at radius 3 is 2.50 bits per heavy atom. The molecule has 0 N–H and O–H groups in total. The van der Waals surface area contributed by atoms with Crippen LogP contribution < -0.4 is 4.90 Å². The Bertz CT molecular complexity index is 631. The second-order valence-corrected chi connectivity index (χ2v) is 4.59. The predicted molar refractivity (Wildman–Crippen MR) is 77.2 cm³/mol. The summed E-state index contributed by atoms with van der Waals surface area (Å²) in [5, 5.41) is 17.7. The minimum Gasteiger partial charge on any atom is -0.350 e. The van der Waals surface area contributed by atoms with Crippen molar-refractivity contribution in [1.29, 1.82) is 5.26 Å². The number of nitrogens with zero attached hydrogens (tertiary/aromatic N) is 5. The molecular weight excluding hydrogens is 250 g/mol. The molecule has 2 rings (SSSR count). The summed E-state index contributed by atoms with van der Waals surface area (Å²) in [4.78, 5) is 6.06. The highest BCUT2D eigenvalue weighted by Crippen LogP contribution is 2.22. The summed E-state index contributed by atoms with van der Waals surface area (Å²) in [7, 11) is 0. The summed E-state index contributed by atoms with van der Waals surface area (Å²) in [6.07, 6.45) is 3.53. The van der Waals surface area contributed by atoms with Crippen molar-refractivity contribution in [1.82, 2.24) is 15.2 Å². The molecule has 0 aliphatic heterocycles. The van der Waals surface area contributed by atoms with Gasteiger partial charge in [-0.2, -0.15) is 10.4 Å². The van der Waals surface area contributed by atoms with E-state index in [0.29, 0.717) is 17.9 Å². The van der Waals surface area contributed by atoms with Crippen molar-refractivity contribution in [2.24, 2.45) is 0 Å². The molecule has 0 unspecified atom stereocenters. The number of nitriles is 1. The van der Waals surface area contributed by atoms with Crippen LogP contribution >= 0.6 is 0 Å². The maximum absolute atomic E-state index is 9.38. The van der Waals surface area contributed by atoms with Gasteiger partial charge in [0.1, 0.15) is 11.6 Å². The van der Waals surface area contributed by atoms with Crippen molar-refractivity contribution < 1.29 is 0 Å². The number of anilines is 1. The highest BCUT2D eigenvalue weighted by molar-refractivity contribution is 5.57. The molecule has 0 bridgehead atoms. The summed E-state index contributed by atoms with van der Waals surface area (Å²) in [5.74, 6) is 0.648. The summed E-state index contributed by atoms with van der Waals surface area (Å²) in [6.45, 7) is 7.26. The van der Waals surface area contributed by atoms with Crippen molar-refractivity contribution in [3.8, 4) is 6.07 Å². The summed E-state index contributed by atoms with van der Waals surface area (Å²) < 4.78 is 0. The lowest BCUT2D eigenvalue weighted by Gasteiger charge is -2.23. The third-order valence-corrected chi connectivity index (χ3v) is 3.35. The normalized spacial score (nSPS) is 10.1. The van der Waals surface area contributed by atoms with Gasteiger partial charge in [-0.3, -0.25) is 4.98 Å². The lowest BCUT2D eigenvalue weighted by Crippen LogP contribution is -2.25. The lowest BCUT2D eigenvalue weighted by molar-refractivity contribution is 0.785. The Balaban J connectivity index is 2.38. The van der Waals surface area contributed by atoms with Crippen molar-refractivity contribution in [3.05, 3.63) is 46.9 Å². The van der Waals surface area contributed by atoms with Crippen LogP contribution in [0.5, 0.6) is 0 Å². The molecule has 0 saturated carbocycles. The lowest BCUT2D eigenvalue weighted by atomic mass is 10.1. The van der Waals surface area contributed by atoms with Gasteiger partial charge in [-0.1, -0.05) is 0 Å². The first-order valence-electron chi connectivity index (χ1n) is 6.55. The molecule has 0 radical (unpaired) electrons. The molecule has 0 saturated heterocycles. The fourth-order valence-electron chi connectivity index (χ4n) is 2.00. The largest absolute Gasteiger partial charge is 0.350 e. The number of aromatic nitrogens is 3. The molecule has 0 atom stereocenters. The smallest absolute Gasteiger partial charge is 0.169 e. The van der Waals surface area contributed by atoms with E-state index < -0.39 is 0 Å². The maximum atomic E-state index is 9.38. The second kappa shape index (κ2) is 6.11. The Labute approximate surface area is 118 Å². The molecule has 102 valence electrons. The van der Waals surface area contributed by atoms with E-state index in [4.69, 9.17) is 0 Å². The van der Waals surface area contributed by atoms with Crippen LogP contribution in [0.4, 0.5) is 5.82 Å². The van der Waals surface area contributed by atoms with Crippen LogP contribution in [-0.2, 0) is 6.54 Å². The quantitative estimate of drug-likeness (QED) is 0.851. The van der Waals surface area contributed by atoms with Crippen molar-refractivity contribution in [2.75, 3.05) is 11.4 Å². The van der Waals surface area contributed by atoms with E-state index in [1.807, 2.05) is 37.8 Å². The fourth-order valence-corrected chi connectivity index (χ4v) is 2.00. The van der Waals surface area contributed by atoms with Crippen LogP contribution in [0.25, 0.3) is 0 Å². The number of aryl methyl sites for hydroxylation is 1. The third kappa shape index (κ3) is 2.75. The first kappa shape index (κ1) is 13.9. The molecule has 0 spiro atoms. The van der Waals surface area contributed by atoms with E-state index in [1.165, 1.54) is 0 Å². The van der Waals surface area contributed by atoms with E-state index in [0.717, 1.165) is 23.4 Å². The van der Waals surface area contributed by atoms with Gasteiger partial charge < -0.3 is 4.90 Å². The summed E-state index contributed by atoms with van der Waals surface area (Å²) >= 11 is 0. The Hall–Kier alpha value is -2.48. The van der Waals surface area contributed by atoms with Crippen LogP contribution in [0.1, 0.15) is 29.3 Å². The molecule has 0 aliphatic rings. The highest BCUT2D eigenvalue weighted by atomic mass is 15.3. The molecule has 0 fully saturated rings. The van der Waals surface area contributed by atoms with Gasteiger partial charge in [0, 0.05) is 25.5 Å². The van der Waals surface area contributed by atoms with Crippen molar-refractivity contribution in [2.45, 2.75) is 27.3 Å². The molecule has 0 amide bonds. The zero-order chi connectivity index (χ0) is 14.5. The van der Waals surface area contributed by atoms with Crippen LogP contribution in [0.2, 0.25) is 0 Å². The minimum atomic E-state index is 0.605. The molecule has 5 nitrogen and oxygen atoms in total. The second-order valence-electron chi connectivity index (χ2n) is 4.59. The summed E-state index contributed by atoms with van der Waals surface area (Å²) in [5.41, 5.74) is 3.43. The zero-order valence-electron chi connectivity index (χ0n) is 12.0. The van der Waals surface area contributed by atoms with Gasteiger partial charge in [0.25, 0.3) is 0 Å². The molecular formula is C15H17N5. The first-order chi connectivity index (χ1) is 9.67. The van der Waals surface area contributed by atoms with Crippen LogP contribution in [0.15, 0.2) is 24.5 Å². The number of hydrogen-bond donors (Lipinski definition) is 0. The van der Waals surface area contributed by atoms with Crippen LogP contribution in [-0.4, -0.2) is 21.7 Å². The van der Waals surface area contributed by atoms with E-state index in [1.54, 1.807) is 12.4 Å².